The van der Waals surface area contributed by atoms with E-state index in [0.717, 1.165) is 22.1 Å². The molecule has 0 unspecified atom stereocenters. The van der Waals surface area contributed by atoms with Gasteiger partial charge in [0.25, 0.3) is 0 Å². The van der Waals surface area contributed by atoms with E-state index in [1.165, 1.54) is 4.88 Å². The van der Waals surface area contributed by atoms with E-state index >= 15 is 0 Å². The first-order valence-corrected chi connectivity index (χ1v) is 7.13. The molecule has 0 radical (unpaired) electrons. The Bertz CT molecular complexity index is 722. The first kappa shape index (κ1) is 12.7. The summed E-state index contributed by atoms with van der Waals surface area (Å²) in [6.45, 7) is 4.07. The number of aryl methyl sites for hydroxylation is 2. The Morgan fingerprint density at radius 2 is 1.80 bits per heavy atom. The molecular formula is C15H14N4S. The third-order valence-corrected chi connectivity index (χ3v) is 3.72. The molecule has 5 heteroatoms. The third-order valence-electron chi connectivity index (χ3n) is 2.83. The Morgan fingerprint density at radius 3 is 2.50 bits per heavy atom. The van der Waals surface area contributed by atoms with Crippen molar-refractivity contribution in [3.63, 3.8) is 0 Å². The van der Waals surface area contributed by atoms with Crippen LogP contribution in [-0.4, -0.2) is 15.0 Å². The minimum atomic E-state index is 0.582. The van der Waals surface area contributed by atoms with Gasteiger partial charge in [-0.2, -0.15) is 0 Å². The van der Waals surface area contributed by atoms with Crippen molar-refractivity contribution in [3.05, 3.63) is 52.5 Å². The molecule has 0 bridgehead atoms. The second kappa shape index (κ2) is 5.38. The number of rotatable bonds is 3. The molecule has 0 amide bonds. The number of anilines is 2. The molecule has 0 aliphatic heterocycles. The lowest BCUT2D eigenvalue weighted by atomic mass is 10.3. The molecule has 0 aliphatic rings. The lowest BCUT2D eigenvalue weighted by Gasteiger charge is -2.05. The van der Waals surface area contributed by atoms with Crippen LogP contribution in [0.25, 0.3) is 11.4 Å². The maximum atomic E-state index is 4.53. The minimum absolute atomic E-state index is 0.582. The molecule has 100 valence electrons. The normalized spacial score (nSPS) is 10.5. The number of para-hydroxylation sites is 1. The first-order valence-electron chi connectivity index (χ1n) is 6.32. The maximum absolute atomic E-state index is 4.53. The van der Waals surface area contributed by atoms with Crippen molar-refractivity contribution in [3.8, 4) is 11.4 Å². The third kappa shape index (κ3) is 2.67. The van der Waals surface area contributed by atoms with Crippen LogP contribution in [0.1, 0.15) is 9.88 Å². The quantitative estimate of drug-likeness (QED) is 0.790. The predicted octanol–water partition coefficient (Wildman–Crippen LogP) is 3.96. The largest absolute Gasteiger partial charge is 0.324 e. The lowest BCUT2D eigenvalue weighted by molar-refractivity contribution is 1.15. The van der Waals surface area contributed by atoms with Gasteiger partial charge in [0.1, 0.15) is 5.69 Å². The molecule has 3 aromatic rings. The highest BCUT2D eigenvalue weighted by Crippen LogP contribution is 2.26. The van der Waals surface area contributed by atoms with E-state index in [1.807, 2.05) is 43.3 Å². The van der Waals surface area contributed by atoms with Crippen molar-refractivity contribution in [2.24, 2.45) is 0 Å². The fraction of sp³-hybridized carbons (Fsp3) is 0.133. The smallest absolute Gasteiger partial charge is 0.227 e. The fourth-order valence-electron chi connectivity index (χ4n) is 1.97. The summed E-state index contributed by atoms with van der Waals surface area (Å²) in [7, 11) is 0. The molecule has 2 aromatic heterocycles. The highest BCUT2D eigenvalue weighted by atomic mass is 32.1. The Morgan fingerprint density at radius 1 is 1.00 bits per heavy atom. The summed E-state index contributed by atoms with van der Waals surface area (Å²) in [5.74, 6) is 0.582. The van der Waals surface area contributed by atoms with Gasteiger partial charge in [0.05, 0.1) is 10.7 Å². The van der Waals surface area contributed by atoms with Crippen molar-refractivity contribution in [1.82, 2.24) is 15.0 Å². The van der Waals surface area contributed by atoms with Crippen LogP contribution in [0.4, 0.5) is 11.6 Å². The molecule has 4 nitrogen and oxygen atoms in total. The number of nitrogens with zero attached hydrogens (tertiary/aromatic N) is 3. The second-order valence-corrected chi connectivity index (χ2v) is 5.80. The highest BCUT2D eigenvalue weighted by molar-refractivity contribution is 7.11. The zero-order valence-electron chi connectivity index (χ0n) is 11.3. The van der Waals surface area contributed by atoms with Crippen molar-refractivity contribution in [2.45, 2.75) is 13.8 Å². The standard InChI is InChI=1S/C15H14N4S/c1-10-14(17-11(2)20-10)13-8-9-16-15(19-13)18-12-6-4-3-5-7-12/h3-9H,1-2H3,(H,16,18,19). The van der Waals surface area contributed by atoms with E-state index < -0.39 is 0 Å². The number of aromatic nitrogens is 3. The van der Waals surface area contributed by atoms with E-state index in [1.54, 1.807) is 17.5 Å². The molecule has 0 fully saturated rings. The van der Waals surface area contributed by atoms with Crippen molar-refractivity contribution >= 4 is 23.0 Å². The second-order valence-electron chi connectivity index (χ2n) is 4.39. The molecule has 0 saturated heterocycles. The maximum Gasteiger partial charge on any atom is 0.227 e. The van der Waals surface area contributed by atoms with Crippen LogP contribution in [-0.2, 0) is 0 Å². The summed E-state index contributed by atoms with van der Waals surface area (Å²) in [5.41, 5.74) is 2.75. The number of benzene rings is 1. The van der Waals surface area contributed by atoms with Gasteiger partial charge in [0.2, 0.25) is 5.95 Å². The minimum Gasteiger partial charge on any atom is -0.324 e. The average molecular weight is 282 g/mol. The molecule has 1 aromatic carbocycles. The van der Waals surface area contributed by atoms with Crippen molar-refractivity contribution < 1.29 is 0 Å². The lowest BCUT2D eigenvalue weighted by Crippen LogP contribution is -1.98. The van der Waals surface area contributed by atoms with Gasteiger partial charge >= 0.3 is 0 Å². The summed E-state index contributed by atoms with van der Waals surface area (Å²) in [4.78, 5) is 14.5. The van der Waals surface area contributed by atoms with Crippen LogP contribution in [0, 0.1) is 13.8 Å². The van der Waals surface area contributed by atoms with Gasteiger partial charge in [-0.1, -0.05) is 18.2 Å². The molecule has 1 N–H and O–H groups in total. The van der Waals surface area contributed by atoms with Gasteiger partial charge in [0, 0.05) is 16.8 Å². The van der Waals surface area contributed by atoms with E-state index in [0.29, 0.717) is 5.95 Å². The molecule has 2 heterocycles. The van der Waals surface area contributed by atoms with Crippen LogP contribution >= 0.6 is 11.3 Å². The highest BCUT2D eigenvalue weighted by Gasteiger charge is 2.10. The zero-order valence-corrected chi connectivity index (χ0v) is 12.1. The van der Waals surface area contributed by atoms with Gasteiger partial charge in [-0.25, -0.2) is 15.0 Å². The zero-order chi connectivity index (χ0) is 13.9. The number of thiazole rings is 1. The Kier molecular flexibility index (Phi) is 3.43. The topological polar surface area (TPSA) is 50.7 Å². The fourth-order valence-corrected chi connectivity index (χ4v) is 2.79. The monoisotopic (exact) mass is 282 g/mol. The number of hydrogen-bond donors (Lipinski definition) is 1. The van der Waals surface area contributed by atoms with Gasteiger partial charge < -0.3 is 5.32 Å². The molecule has 0 atom stereocenters. The molecule has 0 spiro atoms. The summed E-state index contributed by atoms with van der Waals surface area (Å²) in [6.07, 6.45) is 1.75. The van der Waals surface area contributed by atoms with E-state index in [4.69, 9.17) is 0 Å². The Labute approximate surface area is 121 Å². The van der Waals surface area contributed by atoms with Crippen molar-refractivity contribution in [2.75, 3.05) is 5.32 Å². The van der Waals surface area contributed by atoms with E-state index in [9.17, 15) is 0 Å². The molecule has 0 saturated carbocycles. The van der Waals surface area contributed by atoms with Crippen LogP contribution in [0.2, 0.25) is 0 Å². The number of hydrogen-bond acceptors (Lipinski definition) is 5. The van der Waals surface area contributed by atoms with E-state index in [2.05, 4.69) is 27.2 Å². The van der Waals surface area contributed by atoms with Gasteiger partial charge in [-0.3, -0.25) is 0 Å². The predicted molar refractivity (Wildman–Crippen MR) is 82.3 cm³/mol. The summed E-state index contributed by atoms with van der Waals surface area (Å²) in [5, 5.41) is 4.24. The van der Waals surface area contributed by atoms with Crippen molar-refractivity contribution in [1.29, 1.82) is 0 Å². The Hall–Kier alpha value is -2.27. The SMILES string of the molecule is Cc1nc(-c2ccnc(Nc3ccccc3)n2)c(C)s1. The van der Waals surface area contributed by atoms with Crippen LogP contribution in [0.5, 0.6) is 0 Å². The van der Waals surface area contributed by atoms with Gasteiger partial charge in [-0.15, -0.1) is 11.3 Å². The summed E-state index contributed by atoms with van der Waals surface area (Å²) in [6, 6.07) is 11.8. The average Bonchev–Trinajstić information content (AvgIpc) is 2.79. The van der Waals surface area contributed by atoms with Crippen LogP contribution in [0.15, 0.2) is 42.6 Å². The van der Waals surface area contributed by atoms with Crippen LogP contribution in [0.3, 0.4) is 0 Å². The number of nitrogens with one attached hydrogen (secondary N) is 1. The molecular weight excluding hydrogens is 268 g/mol. The van der Waals surface area contributed by atoms with Gasteiger partial charge in [0.15, 0.2) is 0 Å². The molecule has 0 aliphatic carbocycles. The van der Waals surface area contributed by atoms with Gasteiger partial charge in [-0.05, 0) is 32.0 Å². The van der Waals surface area contributed by atoms with E-state index in [-0.39, 0.29) is 0 Å². The Balaban J connectivity index is 1.92. The summed E-state index contributed by atoms with van der Waals surface area (Å²) < 4.78 is 0. The molecule has 20 heavy (non-hydrogen) atoms. The summed E-state index contributed by atoms with van der Waals surface area (Å²) >= 11 is 1.68. The first-order chi connectivity index (χ1) is 9.72. The van der Waals surface area contributed by atoms with Crippen LogP contribution < -0.4 is 5.32 Å². The molecule has 3 rings (SSSR count).